The maximum atomic E-state index is 11.5. The molecule has 4 nitrogen and oxygen atoms in total. The van der Waals surface area contributed by atoms with Crippen molar-refractivity contribution in [2.75, 3.05) is 13.7 Å². The minimum absolute atomic E-state index is 0. The predicted molar refractivity (Wildman–Crippen MR) is 97.9 cm³/mol. The average molecular weight is 337 g/mol. The number of esters is 1. The number of amides is 1. The van der Waals surface area contributed by atoms with Crippen LogP contribution in [0.2, 0.25) is 0 Å². The summed E-state index contributed by atoms with van der Waals surface area (Å²) >= 11 is 0. The van der Waals surface area contributed by atoms with E-state index in [1.165, 1.54) is 64.9 Å². The van der Waals surface area contributed by atoms with Crippen LogP contribution < -0.4 is 5.32 Å². The van der Waals surface area contributed by atoms with E-state index in [0.717, 1.165) is 12.8 Å². The summed E-state index contributed by atoms with van der Waals surface area (Å²) in [5.74, 6) is -0.241. The number of hydrogen-bond acceptors (Lipinski definition) is 3. The first-order valence-corrected chi connectivity index (χ1v) is 9.04. The summed E-state index contributed by atoms with van der Waals surface area (Å²) in [6.07, 6.45) is 14.9. The van der Waals surface area contributed by atoms with Gasteiger partial charge in [-0.1, -0.05) is 71.1 Å². The first kappa shape index (κ1) is 25.2. The van der Waals surface area contributed by atoms with Crippen molar-refractivity contribution >= 4 is 41.4 Å². The second kappa shape index (κ2) is 20.0. The van der Waals surface area contributed by atoms with Crippen LogP contribution in [0.4, 0.5) is 0 Å². The Morgan fingerprint density at radius 2 is 1.26 bits per heavy atom. The van der Waals surface area contributed by atoms with Crippen molar-refractivity contribution in [2.24, 2.45) is 0 Å². The van der Waals surface area contributed by atoms with E-state index in [0.29, 0.717) is 13.0 Å². The molecule has 0 aromatic heterocycles. The van der Waals surface area contributed by atoms with Gasteiger partial charge in [-0.15, -0.1) is 0 Å². The summed E-state index contributed by atoms with van der Waals surface area (Å²) in [6.45, 7) is 2.63. The second-order valence-corrected chi connectivity index (χ2v) is 5.96. The summed E-state index contributed by atoms with van der Waals surface area (Å²) in [6, 6.07) is 0. The Labute approximate surface area is 164 Å². The third kappa shape index (κ3) is 19.9. The molecule has 0 heterocycles. The molecule has 0 aliphatic rings. The van der Waals surface area contributed by atoms with Gasteiger partial charge in [0.2, 0.25) is 5.91 Å². The first-order chi connectivity index (χ1) is 10.7. The van der Waals surface area contributed by atoms with Crippen LogP contribution in [0.5, 0.6) is 0 Å². The topological polar surface area (TPSA) is 55.4 Å². The van der Waals surface area contributed by atoms with Crippen molar-refractivity contribution in [3.05, 3.63) is 0 Å². The Morgan fingerprint density at radius 1 is 0.783 bits per heavy atom. The number of rotatable bonds is 15. The van der Waals surface area contributed by atoms with Gasteiger partial charge in [-0.2, -0.15) is 0 Å². The Bertz CT molecular complexity index is 285. The van der Waals surface area contributed by atoms with E-state index in [1.54, 1.807) is 0 Å². The predicted octanol–water partition coefficient (Wildman–Crippen LogP) is 3.72. The van der Waals surface area contributed by atoms with Gasteiger partial charge in [0.25, 0.3) is 0 Å². The Hall–Kier alpha value is -0.0600. The Kier molecular flexibility index (Phi) is 21.9. The van der Waals surface area contributed by atoms with E-state index in [4.69, 9.17) is 0 Å². The van der Waals surface area contributed by atoms with Crippen molar-refractivity contribution in [2.45, 2.75) is 90.4 Å². The molecular weight excluding hydrogens is 301 g/mol. The van der Waals surface area contributed by atoms with Gasteiger partial charge in [0.15, 0.2) is 0 Å². The Morgan fingerprint density at radius 3 is 1.74 bits per heavy atom. The monoisotopic (exact) mass is 337 g/mol. The molecule has 0 fully saturated rings. The summed E-state index contributed by atoms with van der Waals surface area (Å²) in [4.78, 5) is 22.4. The van der Waals surface area contributed by atoms with E-state index < -0.39 is 0 Å². The quantitative estimate of drug-likeness (QED) is 0.281. The van der Waals surface area contributed by atoms with Gasteiger partial charge in [0.05, 0.1) is 13.5 Å². The molecule has 0 rings (SSSR count). The molecule has 0 aliphatic carbocycles. The molecule has 0 spiro atoms. The summed E-state index contributed by atoms with van der Waals surface area (Å²) in [5, 5.41) is 2.74. The average Bonchev–Trinajstić information content (AvgIpc) is 2.52. The number of hydrogen-bond donors (Lipinski definition) is 1. The first-order valence-electron chi connectivity index (χ1n) is 9.04. The molecule has 0 radical (unpaired) electrons. The fraction of sp³-hybridized carbons (Fsp3) is 0.889. The van der Waals surface area contributed by atoms with Crippen molar-refractivity contribution in [1.29, 1.82) is 0 Å². The molecule has 132 valence electrons. The second-order valence-electron chi connectivity index (χ2n) is 5.96. The van der Waals surface area contributed by atoms with Gasteiger partial charge < -0.3 is 10.1 Å². The van der Waals surface area contributed by atoms with E-state index in [9.17, 15) is 9.59 Å². The van der Waals surface area contributed by atoms with Gasteiger partial charge in [0, 0.05) is 13.0 Å². The minimum atomic E-state index is -0.282. The third-order valence-electron chi connectivity index (χ3n) is 3.89. The number of unbranched alkanes of at least 4 members (excludes halogenated alkanes) is 10. The molecule has 0 atom stereocenters. The van der Waals surface area contributed by atoms with Gasteiger partial charge >= 0.3 is 35.5 Å². The summed E-state index contributed by atoms with van der Waals surface area (Å²) in [7, 11) is 1.36. The van der Waals surface area contributed by atoms with Crippen molar-refractivity contribution < 1.29 is 14.3 Å². The van der Waals surface area contributed by atoms with Gasteiger partial charge in [-0.05, 0) is 6.42 Å². The normalized spacial score (nSPS) is 10.0. The zero-order chi connectivity index (χ0) is 16.5. The third-order valence-corrected chi connectivity index (χ3v) is 3.89. The van der Waals surface area contributed by atoms with E-state index >= 15 is 0 Å². The molecule has 0 bridgehead atoms. The van der Waals surface area contributed by atoms with Crippen LogP contribution in [0.25, 0.3) is 0 Å². The maximum absolute atomic E-state index is 11.5. The standard InChI is InChI=1S/C18H35NO3.Na.H/c1-3-4-5-6-7-8-9-10-11-12-13-14-17(20)19-16-15-18(21)22-2;;/h3-16H2,1-2H3,(H,19,20);;. The zero-order valence-corrected chi connectivity index (χ0v) is 14.6. The molecule has 1 amide bonds. The van der Waals surface area contributed by atoms with E-state index in [1.807, 2.05) is 0 Å². The molecule has 0 unspecified atom stereocenters. The number of carbonyl (C=O) groups is 2. The van der Waals surface area contributed by atoms with Crippen LogP contribution in [0.1, 0.15) is 90.4 Å². The van der Waals surface area contributed by atoms with Crippen molar-refractivity contribution in [3.63, 3.8) is 0 Å². The number of ether oxygens (including phenoxy) is 1. The van der Waals surface area contributed by atoms with Crippen LogP contribution in [-0.2, 0) is 14.3 Å². The molecule has 23 heavy (non-hydrogen) atoms. The SMILES string of the molecule is CCCCCCCCCCCCCC(=O)NCCC(=O)OC.[NaH]. The van der Waals surface area contributed by atoms with Crippen LogP contribution in [0.3, 0.4) is 0 Å². The van der Waals surface area contributed by atoms with Crippen molar-refractivity contribution in [1.82, 2.24) is 5.32 Å². The van der Waals surface area contributed by atoms with E-state index in [-0.39, 0.29) is 47.9 Å². The molecule has 0 aromatic rings. The van der Waals surface area contributed by atoms with Crippen LogP contribution in [0, 0.1) is 0 Å². The summed E-state index contributed by atoms with van der Waals surface area (Å²) < 4.78 is 4.51. The van der Waals surface area contributed by atoms with Crippen LogP contribution in [-0.4, -0.2) is 55.1 Å². The number of methoxy groups -OCH3 is 1. The molecule has 0 aliphatic heterocycles. The van der Waals surface area contributed by atoms with Gasteiger partial charge in [-0.3, -0.25) is 9.59 Å². The fourth-order valence-corrected chi connectivity index (χ4v) is 2.44. The molecule has 0 saturated carbocycles. The van der Waals surface area contributed by atoms with Gasteiger partial charge in [0.1, 0.15) is 0 Å². The molecular formula is C18H36NNaO3. The van der Waals surface area contributed by atoms with Crippen LogP contribution in [0.15, 0.2) is 0 Å². The zero-order valence-electron chi connectivity index (χ0n) is 14.6. The van der Waals surface area contributed by atoms with E-state index in [2.05, 4.69) is 17.0 Å². The molecule has 5 heteroatoms. The summed E-state index contributed by atoms with van der Waals surface area (Å²) in [5.41, 5.74) is 0. The van der Waals surface area contributed by atoms with Crippen molar-refractivity contribution in [3.8, 4) is 0 Å². The molecule has 1 N–H and O–H groups in total. The number of nitrogens with one attached hydrogen (secondary N) is 1. The van der Waals surface area contributed by atoms with Gasteiger partial charge in [-0.25, -0.2) is 0 Å². The number of carbonyl (C=O) groups excluding carboxylic acids is 2. The van der Waals surface area contributed by atoms with Crippen LogP contribution >= 0.6 is 0 Å². The molecule has 0 saturated heterocycles. The Balaban J connectivity index is 0. The fourth-order valence-electron chi connectivity index (χ4n) is 2.44. The molecule has 0 aromatic carbocycles.